The molecule has 3 rings (SSSR count). The zero-order valence-corrected chi connectivity index (χ0v) is 10.1. The average Bonchev–Trinajstić information content (AvgIpc) is 2.38. The van der Waals surface area contributed by atoms with Gasteiger partial charge in [-0.25, -0.2) is 4.98 Å². The molecule has 0 amide bonds. The van der Waals surface area contributed by atoms with Gasteiger partial charge >= 0.3 is 0 Å². The van der Waals surface area contributed by atoms with Crippen molar-refractivity contribution in [2.75, 3.05) is 5.73 Å². The minimum atomic E-state index is 0.465. The Bertz CT molecular complexity index is 749. The first-order valence-electron chi connectivity index (χ1n) is 5.83. The predicted molar refractivity (Wildman–Crippen MR) is 74.1 cm³/mol. The highest BCUT2D eigenvalue weighted by atomic mass is 14.9. The first-order chi connectivity index (χ1) is 8.69. The van der Waals surface area contributed by atoms with Crippen LogP contribution < -0.4 is 11.5 Å². The highest BCUT2D eigenvalue weighted by molar-refractivity contribution is 6.08. The summed E-state index contributed by atoms with van der Waals surface area (Å²) >= 11 is 0. The molecule has 0 saturated carbocycles. The molecule has 1 aromatic carbocycles. The second-order valence-corrected chi connectivity index (χ2v) is 4.46. The number of fused-ring (bicyclic) bond motifs is 3. The van der Waals surface area contributed by atoms with E-state index in [0.29, 0.717) is 12.4 Å². The summed E-state index contributed by atoms with van der Waals surface area (Å²) in [7, 11) is 0. The van der Waals surface area contributed by atoms with E-state index in [9.17, 15) is 0 Å². The highest BCUT2D eigenvalue weighted by Crippen LogP contribution is 2.27. The standard InChI is InChI=1S/C14H14N4/c1-8-2-3-10-11-5-9(6-15)7-17-13(11)14(16)18-12(10)4-8/h2-5,7H,6,15H2,1H3,(H2,16,18). The quantitative estimate of drug-likeness (QED) is 0.637. The second-order valence-electron chi connectivity index (χ2n) is 4.46. The van der Waals surface area contributed by atoms with Gasteiger partial charge in [0.05, 0.1) is 5.52 Å². The molecular weight excluding hydrogens is 224 g/mol. The minimum Gasteiger partial charge on any atom is -0.382 e. The summed E-state index contributed by atoms with van der Waals surface area (Å²) < 4.78 is 0. The summed E-state index contributed by atoms with van der Waals surface area (Å²) in [5.74, 6) is 0.465. The SMILES string of the molecule is Cc1ccc2c(c1)nc(N)c1ncc(CN)cc12. The number of nitrogens with zero attached hydrogens (tertiary/aromatic N) is 2. The summed E-state index contributed by atoms with van der Waals surface area (Å²) in [6, 6.07) is 8.19. The van der Waals surface area contributed by atoms with Crippen molar-refractivity contribution in [1.29, 1.82) is 0 Å². The Hall–Kier alpha value is -2.20. The third kappa shape index (κ3) is 1.58. The van der Waals surface area contributed by atoms with Crippen LogP contribution in [0.2, 0.25) is 0 Å². The Labute approximate surface area is 105 Å². The number of hydrogen-bond acceptors (Lipinski definition) is 4. The molecule has 2 aromatic heterocycles. The summed E-state index contributed by atoms with van der Waals surface area (Å²) in [5, 5.41) is 2.08. The van der Waals surface area contributed by atoms with E-state index in [0.717, 1.165) is 32.9 Å². The van der Waals surface area contributed by atoms with Crippen molar-refractivity contribution < 1.29 is 0 Å². The van der Waals surface area contributed by atoms with Gasteiger partial charge < -0.3 is 11.5 Å². The molecule has 0 bridgehead atoms. The Morgan fingerprint density at radius 1 is 1.17 bits per heavy atom. The van der Waals surface area contributed by atoms with Crippen LogP contribution in [-0.4, -0.2) is 9.97 Å². The first kappa shape index (κ1) is 10.9. The molecule has 90 valence electrons. The number of anilines is 1. The van der Waals surface area contributed by atoms with Gasteiger partial charge in [-0.15, -0.1) is 0 Å². The average molecular weight is 238 g/mol. The maximum absolute atomic E-state index is 5.96. The van der Waals surface area contributed by atoms with E-state index in [2.05, 4.69) is 22.1 Å². The summed E-state index contributed by atoms with van der Waals surface area (Å²) in [6.07, 6.45) is 1.75. The zero-order valence-electron chi connectivity index (χ0n) is 10.1. The number of pyridine rings is 2. The van der Waals surface area contributed by atoms with Gasteiger partial charge in [-0.2, -0.15) is 0 Å². The van der Waals surface area contributed by atoms with Gasteiger partial charge in [0.1, 0.15) is 5.52 Å². The van der Waals surface area contributed by atoms with Crippen LogP contribution in [0.3, 0.4) is 0 Å². The molecule has 0 unspecified atom stereocenters. The highest BCUT2D eigenvalue weighted by Gasteiger charge is 2.08. The van der Waals surface area contributed by atoms with Crippen LogP contribution in [0.5, 0.6) is 0 Å². The van der Waals surface area contributed by atoms with Crippen LogP contribution in [0.4, 0.5) is 5.82 Å². The molecule has 4 heteroatoms. The number of aryl methyl sites for hydroxylation is 1. The number of benzene rings is 1. The molecule has 0 radical (unpaired) electrons. The van der Waals surface area contributed by atoms with Crippen molar-refractivity contribution in [3.8, 4) is 0 Å². The van der Waals surface area contributed by atoms with Crippen LogP contribution >= 0.6 is 0 Å². The number of aromatic nitrogens is 2. The van der Waals surface area contributed by atoms with Gasteiger partial charge in [0.25, 0.3) is 0 Å². The molecule has 0 spiro atoms. The van der Waals surface area contributed by atoms with Crippen molar-refractivity contribution in [2.24, 2.45) is 5.73 Å². The molecule has 2 heterocycles. The van der Waals surface area contributed by atoms with Crippen LogP contribution in [0.15, 0.2) is 30.5 Å². The van der Waals surface area contributed by atoms with Gasteiger partial charge in [-0.05, 0) is 30.2 Å². The Morgan fingerprint density at radius 2 is 2.00 bits per heavy atom. The smallest absolute Gasteiger partial charge is 0.150 e. The van der Waals surface area contributed by atoms with Gasteiger partial charge in [-0.1, -0.05) is 12.1 Å². The molecule has 0 aliphatic rings. The molecule has 0 saturated heterocycles. The molecular formula is C14H14N4. The lowest BCUT2D eigenvalue weighted by atomic mass is 10.1. The predicted octanol–water partition coefficient (Wildman–Crippen LogP) is 2.13. The third-order valence-electron chi connectivity index (χ3n) is 3.11. The van der Waals surface area contributed by atoms with Crippen LogP contribution in [0.1, 0.15) is 11.1 Å². The van der Waals surface area contributed by atoms with Crippen molar-refractivity contribution in [1.82, 2.24) is 9.97 Å². The fourth-order valence-corrected chi connectivity index (χ4v) is 2.17. The van der Waals surface area contributed by atoms with E-state index in [1.807, 2.05) is 19.1 Å². The molecule has 3 aromatic rings. The number of nitrogens with two attached hydrogens (primary N) is 2. The van der Waals surface area contributed by atoms with Crippen molar-refractivity contribution in [3.05, 3.63) is 41.6 Å². The van der Waals surface area contributed by atoms with Crippen molar-refractivity contribution >= 4 is 27.6 Å². The van der Waals surface area contributed by atoms with Gasteiger partial charge in [0.2, 0.25) is 0 Å². The number of hydrogen-bond donors (Lipinski definition) is 2. The van der Waals surface area contributed by atoms with Crippen molar-refractivity contribution in [3.63, 3.8) is 0 Å². The second kappa shape index (κ2) is 3.92. The monoisotopic (exact) mass is 238 g/mol. The summed E-state index contributed by atoms with van der Waals surface area (Å²) in [5.41, 5.74) is 15.4. The van der Waals surface area contributed by atoms with Crippen molar-refractivity contribution in [2.45, 2.75) is 13.5 Å². The molecule has 0 atom stereocenters. The van der Waals surface area contributed by atoms with E-state index in [1.54, 1.807) is 6.20 Å². The fourth-order valence-electron chi connectivity index (χ4n) is 2.17. The first-order valence-corrected chi connectivity index (χ1v) is 5.83. The molecule has 4 nitrogen and oxygen atoms in total. The van der Waals surface area contributed by atoms with Crippen LogP contribution in [-0.2, 0) is 6.54 Å². The molecule has 0 aliphatic carbocycles. The van der Waals surface area contributed by atoms with Gasteiger partial charge in [0.15, 0.2) is 5.82 Å². The van der Waals surface area contributed by atoms with E-state index in [-0.39, 0.29) is 0 Å². The fraction of sp³-hybridized carbons (Fsp3) is 0.143. The van der Waals surface area contributed by atoms with Gasteiger partial charge in [-0.3, -0.25) is 4.98 Å². The summed E-state index contributed by atoms with van der Waals surface area (Å²) in [6.45, 7) is 2.51. The number of nitrogen functional groups attached to an aromatic ring is 1. The maximum atomic E-state index is 5.96. The molecule has 0 fully saturated rings. The normalized spacial score (nSPS) is 11.2. The van der Waals surface area contributed by atoms with Crippen LogP contribution in [0, 0.1) is 6.92 Å². The molecule has 18 heavy (non-hydrogen) atoms. The largest absolute Gasteiger partial charge is 0.382 e. The maximum Gasteiger partial charge on any atom is 0.150 e. The lowest BCUT2D eigenvalue weighted by Gasteiger charge is -2.07. The minimum absolute atomic E-state index is 0.465. The Kier molecular flexibility index (Phi) is 2.38. The van der Waals surface area contributed by atoms with E-state index >= 15 is 0 Å². The third-order valence-corrected chi connectivity index (χ3v) is 3.11. The molecule has 4 N–H and O–H groups in total. The number of rotatable bonds is 1. The lowest BCUT2D eigenvalue weighted by Crippen LogP contribution is -2.00. The zero-order chi connectivity index (χ0) is 12.7. The van der Waals surface area contributed by atoms with E-state index in [4.69, 9.17) is 11.5 Å². The summed E-state index contributed by atoms with van der Waals surface area (Å²) in [4.78, 5) is 8.76. The van der Waals surface area contributed by atoms with Gasteiger partial charge in [0, 0.05) is 23.5 Å². The van der Waals surface area contributed by atoms with Crippen LogP contribution in [0.25, 0.3) is 21.8 Å². The lowest BCUT2D eigenvalue weighted by molar-refractivity contribution is 1.06. The topological polar surface area (TPSA) is 77.8 Å². The Balaban J connectivity index is 2.50. The van der Waals surface area contributed by atoms with E-state index < -0.39 is 0 Å². The van der Waals surface area contributed by atoms with E-state index in [1.165, 1.54) is 0 Å². The Morgan fingerprint density at radius 3 is 2.78 bits per heavy atom. The molecule has 0 aliphatic heterocycles.